The molecule has 2 aromatic heterocycles. The highest BCUT2D eigenvalue weighted by Crippen LogP contribution is 2.29. The van der Waals surface area contributed by atoms with E-state index >= 15 is 0 Å². The van der Waals surface area contributed by atoms with E-state index in [2.05, 4.69) is 27.5 Å². The number of hydrogen-bond acceptors (Lipinski definition) is 6. The van der Waals surface area contributed by atoms with E-state index in [9.17, 15) is 0 Å². The van der Waals surface area contributed by atoms with Gasteiger partial charge in [-0.1, -0.05) is 13.0 Å². The van der Waals surface area contributed by atoms with Crippen molar-refractivity contribution in [2.45, 2.75) is 26.8 Å². The van der Waals surface area contributed by atoms with Crippen molar-refractivity contribution in [2.75, 3.05) is 18.6 Å². The summed E-state index contributed by atoms with van der Waals surface area (Å²) in [6, 6.07) is 9.70. The molecule has 3 aromatic rings. The Labute approximate surface area is 163 Å². The summed E-state index contributed by atoms with van der Waals surface area (Å²) in [6.45, 7) is 5.84. The smallest absolute Gasteiger partial charge is 0.214 e. The first kappa shape index (κ1) is 18.9. The Morgan fingerprint density at radius 1 is 1.11 bits per heavy atom. The van der Waals surface area contributed by atoms with Gasteiger partial charge in [0.05, 0.1) is 19.8 Å². The molecule has 2 heterocycles. The summed E-state index contributed by atoms with van der Waals surface area (Å²) in [4.78, 5) is 4.04. The zero-order valence-electron chi connectivity index (χ0n) is 15.4. The fourth-order valence-electron chi connectivity index (χ4n) is 2.57. The molecule has 0 radical (unpaired) electrons. The van der Waals surface area contributed by atoms with Gasteiger partial charge in [0.25, 0.3) is 0 Å². The van der Waals surface area contributed by atoms with Crippen LogP contribution in [0, 0.1) is 4.77 Å². The van der Waals surface area contributed by atoms with E-state index in [1.807, 2.05) is 37.3 Å². The molecule has 0 aliphatic rings. The fraction of sp³-hybridized carbons (Fsp3) is 0.316. The Morgan fingerprint density at radius 2 is 1.93 bits per heavy atom. The Bertz CT molecular complexity index is 923. The molecule has 0 amide bonds. The number of nitrogens with one attached hydrogen (secondary N) is 2. The summed E-state index contributed by atoms with van der Waals surface area (Å²) in [5, 5.41) is 7.13. The van der Waals surface area contributed by atoms with E-state index in [-0.39, 0.29) is 0 Å². The van der Waals surface area contributed by atoms with Gasteiger partial charge in [0.1, 0.15) is 0 Å². The molecule has 0 unspecified atom stereocenters. The largest absolute Gasteiger partial charge is 0.490 e. The van der Waals surface area contributed by atoms with Gasteiger partial charge in [0.2, 0.25) is 4.77 Å². The summed E-state index contributed by atoms with van der Waals surface area (Å²) < 4.78 is 13.7. The molecule has 0 saturated carbocycles. The van der Waals surface area contributed by atoms with Gasteiger partial charge in [-0.25, -0.2) is 9.77 Å². The number of ether oxygens (including phenoxy) is 2. The number of nitrogens with zero attached hydrogens (tertiary/aromatic N) is 3. The van der Waals surface area contributed by atoms with Crippen molar-refractivity contribution in [1.82, 2.24) is 19.9 Å². The summed E-state index contributed by atoms with van der Waals surface area (Å²) in [6.07, 6.45) is 4.40. The van der Waals surface area contributed by atoms with Crippen LogP contribution < -0.4 is 14.9 Å². The lowest BCUT2D eigenvalue weighted by molar-refractivity contribution is 0.276. The van der Waals surface area contributed by atoms with Crippen molar-refractivity contribution in [2.24, 2.45) is 0 Å². The summed E-state index contributed by atoms with van der Waals surface area (Å²) in [7, 11) is 0. The van der Waals surface area contributed by atoms with Crippen LogP contribution in [0.4, 0.5) is 0 Å². The molecule has 0 atom stereocenters. The van der Waals surface area contributed by atoms with Crippen LogP contribution >= 0.6 is 12.2 Å². The zero-order chi connectivity index (χ0) is 19.1. The predicted molar refractivity (Wildman–Crippen MR) is 107 cm³/mol. The number of H-pyrrole nitrogens is 1. The van der Waals surface area contributed by atoms with Gasteiger partial charge < -0.3 is 14.9 Å². The molecule has 7 nitrogen and oxygen atoms in total. The SMILES string of the molecule is CCCOc1ccc(CNn2c(-c3ccncc3)n[nH]c2=S)cc1OCC. The average Bonchev–Trinajstić information content (AvgIpc) is 3.07. The third-order valence-electron chi connectivity index (χ3n) is 3.82. The van der Waals surface area contributed by atoms with Crippen molar-refractivity contribution in [3.05, 3.63) is 53.1 Å². The van der Waals surface area contributed by atoms with Gasteiger partial charge in [-0.2, -0.15) is 5.10 Å². The highest BCUT2D eigenvalue weighted by atomic mass is 32.1. The molecular weight excluding hydrogens is 362 g/mol. The minimum atomic E-state index is 0.495. The first-order valence-corrected chi connectivity index (χ1v) is 9.34. The molecule has 8 heteroatoms. The van der Waals surface area contributed by atoms with Crippen molar-refractivity contribution in [1.29, 1.82) is 0 Å². The highest BCUT2D eigenvalue weighted by molar-refractivity contribution is 7.71. The van der Waals surface area contributed by atoms with Gasteiger partial charge in [-0.05, 0) is 55.4 Å². The van der Waals surface area contributed by atoms with Crippen molar-refractivity contribution in [3.8, 4) is 22.9 Å². The summed E-state index contributed by atoms with van der Waals surface area (Å²) in [5.41, 5.74) is 5.28. The molecular formula is C19H23N5O2S. The van der Waals surface area contributed by atoms with Crippen LogP contribution in [0.3, 0.4) is 0 Å². The van der Waals surface area contributed by atoms with E-state index in [0.717, 1.165) is 29.0 Å². The highest BCUT2D eigenvalue weighted by Gasteiger charge is 2.10. The van der Waals surface area contributed by atoms with Crippen LogP contribution in [0.2, 0.25) is 0 Å². The van der Waals surface area contributed by atoms with Gasteiger partial charge >= 0.3 is 0 Å². The molecule has 3 rings (SSSR count). The van der Waals surface area contributed by atoms with Crippen molar-refractivity contribution >= 4 is 12.2 Å². The van der Waals surface area contributed by atoms with E-state index in [0.29, 0.717) is 30.4 Å². The second-order valence-electron chi connectivity index (χ2n) is 5.82. The molecule has 0 saturated heterocycles. The average molecular weight is 385 g/mol. The topological polar surface area (TPSA) is 77.0 Å². The minimum Gasteiger partial charge on any atom is -0.490 e. The zero-order valence-corrected chi connectivity index (χ0v) is 16.3. The lowest BCUT2D eigenvalue weighted by atomic mass is 10.2. The summed E-state index contributed by atoms with van der Waals surface area (Å²) in [5.74, 6) is 2.21. The Balaban J connectivity index is 1.78. The lowest BCUT2D eigenvalue weighted by Gasteiger charge is -2.14. The molecule has 0 aliphatic carbocycles. The molecule has 142 valence electrons. The Kier molecular flexibility index (Phi) is 6.43. The second kappa shape index (κ2) is 9.18. The van der Waals surface area contributed by atoms with Gasteiger partial charge in [0, 0.05) is 18.0 Å². The van der Waals surface area contributed by atoms with Gasteiger partial charge in [-0.15, -0.1) is 0 Å². The molecule has 0 bridgehead atoms. The van der Waals surface area contributed by atoms with Gasteiger partial charge in [-0.3, -0.25) is 4.98 Å². The van der Waals surface area contributed by atoms with Crippen LogP contribution in [0.15, 0.2) is 42.7 Å². The third kappa shape index (κ3) is 4.65. The van der Waals surface area contributed by atoms with Crippen LogP contribution in [-0.2, 0) is 6.54 Å². The molecule has 2 N–H and O–H groups in total. The molecule has 0 aliphatic heterocycles. The first-order chi connectivity index (χ1) is 13.2. The molecule has 27 heavy (non-hydrogen) atoms. The fourth-order valence-corrected chi connectivity index (χ4v) is 2.77. The van der Waals surface area contributed by atoms with Crippen LogP contribution in [-0.4, -0.2) is 33.1 Å². The van der Waals surface area contributed by atoms with Crippen LogP contribution in [0.5, 0.6) is 11.5 Å². The Morgan fingerprint density at radius 3 is 2.67 bits per heavy atom. The number of rotatable bonds is 9. The third-order valence-corrected chi connectivity index (χ3v) is 4.10. The monoisotopic (exact) mass is 385 g/mol. The van der Waals surface area contributed by atoms with Crippen LogP contribution in [0.1, 0.15) is 25.8 Å². The number of benzene rings is 1. The van der Waals surface area contributed by atoms with E-state index < -0.39 is 0 Å². The minimum absolute atomic E-state index is 0.495. The van der Waals surface area contributed by atoms with Crippen LogP contribution in [0.25, 0.3) is 11.4 Å². The molecule has 0 fully saturated rings. The first-order valence-electron chi connectivity index (χ1n) is 8.93. The number of aromatic nitrogens is 4. The second-order valence-corrected chi connectivity index (χ2v) is 6.21. The maximum atomic E-state index is 5.75. The van der Waals surface area contributed by atoms with E-state index in [4.69, 9.17) is 21.7 Å². The van der Waals surface area contributed by atoms with Crippen molar-refractivity contribution in [3.63, 3.8) is 0 Å². The van der Waals surface area contributed by atoms with Crippen molar-refractivity contribution < 1.29 is 9.47 Å². The molecule has 0 spiro atoms. The lowest BCUT2D eigenvalue weighted by Crippen LogP contribution is -2.16. The van der Waals surface area contributed by atoms with Gasteiger partial charge in [0.15, 0.2) is 17.3 Å². The predicted octanol–water partition coefficient (Wildman–Crippen LogP) is 3.93. The molecule has 1 aromatic carbocycles. The number of aromatic amines is 1. The maximum Gasteiger partial charge on any atom is 0.214 e. The number of hydrogen-bond donors (Lipinski definition) is 2. The van der Waals surface area contributed by atoms with E-state index in [1.165, 1.54) is 0 Å². The Hall–Kier alpha value is -2.87. The van der Waals surface area contributed by atoms with E-state index in [1.54, 1.807) is 17.1 Å². The quantitative estimate of drug-likeness (QED) is 0.544. The number of pyridine rings is 1. The standard InChI is InChI=1S/C19H23N5O2S/c1-3-11-26-16-6-5-14(12-17(16)25-4-2)13-21-24-18(22-23-19(24)27)15-7-9-20-10-8-15/h5-10,12,21H,3-4,11,13H2,1-2H3,(H,23,27). The maximum absolute atomic E-state index is 5.75. The summed E-state index contributed by atoms with van der Waals surface area (Å²) >= 11 is 5.35. The normalized spacial score (nSPS) is 10.6.